The first-order valence-corrected chi connectivity index (χ1v) is 7.38. The van der Waals surface area contributed by atoms with Crippen LogP contribution in [0.1, 0.15) is 12.5 Å². The largest absolute Gasteiger partial charge is 0.493 e. The Bertz CT molecular complexity index is 504. The SMILES string of the molecule is COc1cc(CNC(=O)C(C)C2CNC2)cc(OC)c1OC. The van der Waals surface area contributed by atoms with Gasteiger partial charge in [-0.1, -0.05) is 6.92 Å². The van der Waals surface area contributed by atoms with Crippen molar-refractivity contribution in [1.82, 2.24) is 10.6 Å². The zero-order chi connectivity index (χ0) is 16.1. The minimum Gasteiger partial charge on any atom is -0.493 e. The average molecular weight is 308 g/mol. The topological polar surface area (TPSA) is 68.8 Å². The van der Waals surface area contributed by atoms with Crippen molar-refractivity contribution in [3.05, 3.63) is 17.7 Å². The summed E-state index contributed by atoms with van der Waals surface area (Å²) in [6.45, 7) is 4.23. The highest BCUT2D eigenvalue weighted by Crippen LogP contribution is 2.38. The van der Waals surface area contributed by atoms with Gasteiger partial charge in [-0.2, -0.15) is 0 Å². The highest BCUT2D eigenvalue weighted by molar-refractivity contribution is 5.78. The van der Waals surface area contributed by atoms with Gasteiger partial charge in [-0.15, -0.1) is 0 Å². The number of amides is 1. The highest BCUT2D eigenvalue weighted by atomic mass is 16.5. The fraction of sp³-hybridized carbons (Fsp3) is 0.562. The van der Waals surface area contributed by atoms with Crippen LogP contribution in [-0.4, -0.2) is 40.3 Å². The lowest BCUT2D eigenvalue weighted by atomic mass is 9.88. The molecule has 0 aliphatic carbocycles. The molecular weight excluding hydrogens is 284 g/mol. The maximum absolute atomic E-state index is 12.2. The molecule has 2 N–H and O–H groups in total. The van der Waals surface area contributed by atoms with Gasteiger partial charge in [-0.25, -0.2) is 0 Å². The Kier molecular flexibility index (Phi) is 5.49. The quantitative estimate of drug-likeness (QED) is 0.792. The van der Waals surface area contributed by atoms with Gasteiger partial charge in [0.2, 0.25) is 11.7 Å². The van der Waals surface area contributed by atoms with Crippen molar-refractivity contribution < 1.29 is 19.0 Å². The summed E-state index contributed by atoms with van der Waals surface area (Å²) in [5, 5.41) is 6.16. The van der Waals surface area contributed by atoms with E-state index in [0.717, 1.165) is 18.7 Å². The third-order valence-corrected chi connectivity index (χ3v) is 4.12. The van der Waals surface area contributed by atoms with E-state index in [1.165, 1.54) is 0 Å². The lowest BCUT2D eigenvalue weighted by Crippen LogP contribution is -2.49. The Balaban J connectivity index is 2.04. The Morgan fingerprint density at radius 3 is 2.23 bits per heavy atom. The maximum Gasteiger partial charge on any atom is 0.223 e. The van der Waals surface area contributed by atoms with Crippen LogP contribution in [0.4, 0.5) is 0 Å². The van der Waals surface area contributed by atoms with E-state index < -0.39 is 0 Å². The molecule has 1 aliphatic heterocycles. The van der Waals surface area contributed by atoms with Gasteiger partial charge in [0, 0.05) is 12.5 Å². The predicted octanol–water partition coefficient (Wildman–Crippen LogP) is 1.18. The normalized spacial score (nSPS) is 15.6. The number of benzene rings is 1. The summed E-state index contributed by atoms with van der Waals surface area (Å²) in [6.07, 6.45) is 0. The van der Waals surface area contributed by atoms with Crippen molar-refractivity contribution in [2.45, 2.75) is 13.5 Å². The van der Waals surface area contributed by atoms with Gasteiger partial charge >= 0.3 is 0 Å². The minimum absolute atomic E-state index is 0.0169. The van der Waals surface area contributed by atoms with Crippen LogP contribution >= 0.6 is 0 Å². The second kappa shape index (κ2) is 7.35. The summed E-state index contributed by atoms with van der Waals surface area (Å²) >= 11 is 0. The van der Waals surface area contributed by atoms with E-state index in [-0.39, 0.29) is 11.8 Å². The van der Waals surface area contributed by atoms with Crippen molar-refractivity contribution in [3.63, 3.8) is 0 Å². The maximum atomic E-state index is 12.2. The number of methoxy groups -OCH3 is 3. The Labute approximate surface area is 131 Å². The third kappa shape index (κ3) is 3.44. The van der Waals surface area contributed by atoms with Crippen LogP contribution in [0, 0.1) is 11.8 Å². The summed E-state index contributed by atoms with van der Waals surface area (Å²) in [5.74, 6) is 2.24. The van der Waals surface area contributed by atoms with Crippen molar-refractivity contribution in [2.24, 2.45) is 11.8 Å². The van der Waals surface area contributed by atoms with Crippen LogP contribution in [0.3, 0.4) is 0 Å². The van der Waals surface area contributed by atoms with E-state index in [1.54, 1.807) is 21.3 Å². The van der Waals surface area contributed by atoms with Gasteiger partial charge in [0.05, 0.1) is 21.3 Å². The average Bonchev–Trinajstić information content (AvgIpc) is 2.49. The molecule has 122 valence electrons. The molecule has 1 aromatic rings. The van der Waals surface area contributed by atoms with Crippen LogP contribution in [0.25, 0.3) is 0 Å². The number of ether oxygens (including phenoxy) is 3. The monoisotopic (exact) mass is 308 g/mol. The first-order valence-electron chi connectivity index (χ1n) is 7.38. The molecule has 0 radical (unpaired) electrons. The summed E-state index contributed by atoms with van der Waals surface area (Å²) in [5.41, 5.74) is 0.904. The first-order chi connectivity index (χ1) is 10.6. The van der Waals surface area contributed by atoms with E-state index in [0.29, 0.717) is 29.7 Å². The number of carbonyl (C=O) groups is 1. The smallest absolute Gasteiger partial charge is 0.223 e. The molecule has 0 saturated carbocycles. The summed E-state index contributed by atoms with van der Waals surface area (Å²) < 4.78 is 15.9. The van der Waals surface area contributed by atoms with Crippen LogP contribution in [0.5, 0.6) is 17.2 Å². The Hall–Kier alpha value is -1.95. The number of hydrogen-bond donors (Lipinski definition) is 2. The molecule has 1 fully saturated rings. The van der Waals surface area contributed by atoms with E-state index in [1.807, 2.05) is 19.1 Å². The molecule has 1 saturated heterocycles. The van der Waals surface area contributed by atoms with Gasteiger partial charge in [0.15, 0.2) is 11.5 Å². The van der Waals surface area contributed by atoms with E-state index in [9.17, 15) is 4.79 Å². The summed E-state index contributed by atoms with van der Waals surface area (Å²) in [4.78, 5) is 12.2. The fourth-order valence-electron chi connectivity index (χ4n) is 2.47. The fourth-order valence-corrected chi connectivity index (χ4v) is 2.47. The standard InChI is InChI=1S/C16H24N2O4/c1-10(12-8-17-9-12)16(19)18-7-11-5-13(20-2)15(22-4)14(6-11)21-3/h5-6,10,12,17H,7-9H2,1-4H3,(H,18,19). The number of carbonyl (C=O) groups excluding carboxylic acids is 1. The second-order valence-electron chi connectivity index (χ2n) is 5.46. The van der Waals surface area contributed by atoms with Crippen molar-refractivity contribution >= 4 is 5.91 Å². The van der Waals surface area contributed by atoms with Gasteiger partial charge in [-0.3, -0.25) is 4.79 Å². The zero-order valence-corrected chi connectivity index (χ0v) is 13.6. The molecule has 0 spiro atoms. The van der Waals surface area contributed by atoms with E-state index in [2.05, 4.69) is 10.6 Å². The van der Waals surface area contributed by atoms with Crippen molar-refractivity contribution in [3.8, 4) is 17.2 Å². The minimum atomic E-state index is 0.0169. The van der Waals surface area contributed by atoms with Gasteiger partial charge in [0.1, 0.15) is 0 Å². The molecular formula is C16H24N2O4. The molecule has 0 bridgehead atoms. The Morgan fingerprint density at radius 2 is 1.82 bits per heavy atom. The lowest BCUT2D eigenvalue weighted by molar-refractivity contribution is -0.126. The molecule has 1 aliphatic rings. The lowest BCUT2D eigenvalue weighted by Gasteiger charge is -2.31. The van der Waals surface area contributed by atoms with Gasteiger partial charge in [-0.05, 0) is 36.7 Å². The molecule has 1 amide bonds. The highest BCUT2D eigenvalue weighted by Gasteiger charge is 2.28. The zero-order valence-electron chi connectivity index (χ0n) is 13.6. The number of rotatable bonds is 7. The van der Waals surface area contributed by atoms with E-state index in [4.69, 9.17) is 14.2 Å². The summed E-state index contributed by atoms with van der Waals surface area (Å²) in [7, 11) is 4.72. The van der Waals surface area contributed by atoms with Crippen LogP contribution < -0.4 is 24.8 Å². The first kappa shape index (κ1) is 16.4. The third-order valence-electron chi connectivity index (χ3n) is 4.12. The molecule has 2 rings (SSSR count). The molecule has 1 atom stereocenters. The van der Waals surface area contributed by atoms with Gasteiger partial charge in [0.25, 0.3) is 0 Å². The van der Waals surface area contributed by atoms with Crippen LogP contribution in [0.2, 0.25) is 0 Å². The van der Waals surface area contributed by atoms with Crippen molar-refractivity contribution in [1.29, 1.82) is 0 Å². The molecule has 6 heteroatoms. The van der Waals surface area contributed by atoms with Gasteiger partial charge < -0.3 is 24.8 Å². The Morgan fingerprint density at radius 1 is 1.23 bits per heavy atom. The summed E-state index contributed by atoms with van der Waals surface area (Å²) in [6, 6.07) is 3.69. The number of nitrogens with one attached hydrogen (secondary N) is 2. The van der Waals surface area contributed by atoms with Crippen LogP contribution in [-0.2, 0) is 11.3 Å². The molecule has 1 unspecified atom stereocenters. The van der Waals surface area contributed by atoms with Crippen LogP contribution in [0.15, 0.2) is 12.1 Å². The molecule has 22 heavy (non-hydrogen) atoms. The molecule has 6 nitrogen and oxygen atoms in total. The molecule has 1 heterocycles. The van der Waals surface area contributed by atoms with Crippen molar-refractivity contribution in [2.75, 3.05) is 34.4 Å². The molecule has 1 aromatic carbocycles. The molecule has 0 aromatic heterocycles. The number of hydrogen-bond acceptors (Lipinski definition) is 5. The predicted molar refractivity (Wildman–Crippen MR) is 83.5 cm³/mol. The van der Waals surface area contributed by atoms with E-state index >= 15 is 0 Å². The second-order valence-corrected chi connectivity index (χ2v) is 5.46.